The molecule has 2 aliphatic carbocycles. The number of allylic oxidation sites excluding steroid dienone is 6. The van der Waals surface area contributed by atoms with Crippen molar-refractivity contribution in [1.82, 2.24) is 0 Å². The van der Waals surface area contributed by atoms with E-state index in [2.05, 4.69) is 0 Å². The van der Waals surface area contributed by atoms with Crippen molar-refractivity contribution >= 4 is 0 Å². The molecule has 2 rings (SSSR count). The number of aliphatic hydroxyl groups excluding tert-OH is 1. The van der Waals surface area contributed by atoms with Crippen molar-refractivity contribution in [2.75, 3.05) is 0 Å². The number of aliphatic hydroxyl groups is 1. The van der Waals surface area contributed by atoms with Gasteiger partial charge in [-0.3, -0.25) is 0 Å². The van der Waals surface area contributed by atoms with Crippen LogP contribution in [0.3, 0.4) is 0 Å². The largest absolute Gasteiger partial charge is 0.398 e. The Morgan fingerprint density at radius 2 is 1.94 bits per heavy atom. The van der Waals surface area contributed by atoms with Gasteiger partial charge < -0.3 is 5.11 Å². The van der Waals surface area contributed by atoms with Gasteiger partial charge in [0.1, 0.15) is 0 Å². The second-order valence-electron chi connectivity index (χ2n) is 4.64. The SMILES string of the molecule is OC1CCC(C2=CC(C(F)(F)F)C=CC=C2)C1. The lowest BCUT2D eigenvalue weighted by Gasteiger charge is -2.16. The van der Waals surface area contributed by atoms with E-state index in [0.29, 0.717) is 18.4 Å². The van der Waals surface area contributed by atoms with Crippen molar-refractivity contribution in [3.05, 3.63) is 36.0 Å². The molecule has 0 aromatic carbocycles. The zero-order valence-electron chi connectivity index (χ0n) is 9.32. The van der Waals surface area contributed by atoms with Crippen LogP contribution in [0.2, 0.25) is 0 Å². The molecule has 0 aromatic rings. The average molecular weight is 244 g/mol. The molecule has 1 nitrogen and oxygen atoms in total. The third-order valence-electron chi connectivity index (χ3n) is 3.34. The van der Waals surface area contributed by atoms with Crippen LogP contribution >= 0.6 is 0 Å². The first-order chi connectivity index (χ1) is 7.97. The van der Waals surface area contributed by atoms with Crippen molar-refractivity contribution in [1.29, 1.82) is 0 Å². The summed E-state index contributed by atoms with van der Waals surface area (Å²) in [5.74, 6) is -1.45. The minimum absolute atomic E-state index is 0.0611. The standard InChI is InChI=1S/C13H15F3O/c14-13(15,16)11-4-2-1-3-9(7-11)10-5-6-12(17)8-10/h1-4,7,10-12,17H,5-6,8H2. The van der Waals surface area contributed by atoms with Gasteiger partial charge >= 0.3 is 6.18 Å². The van der Waals surface area contributed by atoms with Crippen LogP contribution in [0.25, 0.3) is 0 Å². The van der Waals surface area contributed by atoms with Gasteiger partial charge in [0.2, 0.25) is 0 Å². The van der Waals surface area contributed by atoms with E-state index in [1.54, 1.807) is 12.2 Å². The van der Waals surface area contributed by atoms with E-state index in [0.717, 1.165) is 12.5 Å². The molecule has 0 heterocycles. The summed E-state index contributed by atoms with van der Waals surface area (Å²) in [6, 6.07) is 0. The van der Waals surface area contributed by atoms with E-state index in [-0.39, 0.29) is 12.0 Å². The number of halogens is 3. The summed E-state index contributed by atoms with van der Waals surface area (Å²) in [7, 11) is 0. The fourth-order valence-corrected chi connectivity index (χ4v) is 2.41. The summed E-state index contributed by atoms with van der Waals surface area (Å²) in [6.45, 7) is 0. The fourth-order valence-electron chi connectivity index (χ4n) is 2.41. The number of rotatable bonds is 1. The van der Waals surface area contributed by atoms with Gasteiger partial charge in [0, 0.05) is 0 Å². The zero-order chi connectivity index (χ0) is 12.5. The Morgan fingerprint density at radius 3 is 2.53 bits per heavy atom. The highest BCUT2D eigenvalue weighted by molar-refractivity contribution is 5.31. The molecule has 1 fully saturated rings. The summed E-state index contributed by atoms with van der Waals surface area (Å²) >= 11 is 0. The van der Waals surface area contributed by atoms with Crippen LogP contribution in [0, 0.1) is 11.8 Å². The molecule has 0 radical (unpaired) electrons. The van der Waals surface area contributed by atoms with Gasteiger partial charge in [-0.2, -0.15) is 13.2 Å². The molecule has 0 aromatic heterocycles. The van der Waals surface area contributed by atoms with Crippen LogP contribution in [0.15, 0.2) is 36.0 Å². The molecule has 3 unspecified atom stereocenters. The average Bonchev–Trinajstić information content (AvgIpc) is 2.53. The number of hydrogen-bond donors (Lipinski definition) is 1. The van der Waals surface area contributed by atoms with Crippen molar-refractivity contribution in [3.63, 3.8) is 0 Å². The van der Waals surface area contributed by atoms with Crippen LogP contribution in [-0.2, 0) is 0 Å². The molecule has 0 amide bonds. The first kappa shape index (κ1) is 12.4. The van der Waals surface area contributed by atoms with Crippen molar-refractivity contribution in [3.8, 4) is 0 Å². The van der Waals surface area contributed by atoms with E-state index in [1.165, 1.54) is 12.2 Å². The van der Waals surface area contributed by atoms with Gasteiger partial charge in [0.05, 0.1) is 12.0 Å². The van der Waals surface area contributed by atoms with Crippen LogP contribution < -0.4 is 0 Å². The summed E-state index contributed by atoms with van der Waals surface area (Å²) in [4.78, 5) is 0. The smallest absolute Gasteiger partial charge is 0.393 e. The van der Waals surface area contributed by atoms with Gasteiger partial charge in [-0.25, -0.2) is 0 Å². The molecule has 0 spiro atoms. The Labute approximate surface area is 98.3 Å². The van der Waals surface area contributed by atoms with Crippen molar-refractivity contribution in [2.24, 2.45) is 11.8 Å². The topological polar surface area (TPSA) is 20.2 Å². The van der Waals surface area contributed by atoms with E-state index in [4.69, 9.17) is 0 Å². The Hall–Kier alpha value is -1.03. The van der Waals surface area contributed by atoms with Crippen LogP contribution in [-0.4, -0.2) is 17.4 Å². The number of hydrogen-bond acceptors (Lipinski definition) is 1. The Morgan fingerprint density at radius 1 is 1.18 bits per heavy atom. The maximum Gasteiger partial charge on any atom is 0.398 e. The van der Waals surface area contributed by atoms with Gasteiger partial charge in [-0.15, -0.1) is 0 Å². The zero-order valence-corrected chi connectivity index (χ0v) is 9.32. The van der Waals surface area contributed by atoms with Crippen LogP contribution in [0.4, 0.5) is 13.2 Å². The van der Waals surface area contributed by atoms with Crippen LogP contribution in [0.5, 0.6) is 0 Å². The predicted octanol–water partition coefficient (Wildman–Crippen LogP) is 3.38. The lowest BCUT2D eigenvalue weighted by molar-refractivity contribution is -0.148. The van der Waals surface area contributed by atoms with Gasteiger partial charge in [0.15, 0.2) is 0 Å². The van der Waals surface area contributed by atoms with E-state index in [9.17, 15) is 18.3 Å². The highest BCUT2D eigenvalue weighted by Gasteiger charge is 2.37. The summed E-state index contributed by atoms with van der Waals surface area (Å²) in [5, 5.41) is 9.44. The Bertz CT molecular complexity index is 365. The lowest BCUT2D eigenvalue weighted by atomic mass is 9.94. The summed E-state index contributed by atoms with van der Waals surface area (Å²) < 4.78 is 38.1. The van der Waals surface area contributed by atoms with Crippen molar-refractivity contribution < 1.29 is 18.3 Å². The second-order valence-corrected chi connectivity index (χ2v) is 4.64. The molecule has 0 saturated heterocycles. The summed E-state index contributed by atoms with van der Waals surface area (Å²) in [6.07, 6.45) is 4.67. The third-order valence-corrected chi connectivity index (χ3v) is 3.34. The molecule has 4 heteroatoms. The quantitative estimate of drug-likeness (QED) is 0.749. The lowest BCUT2D eigenvalue weighted by Crippen LogP contribution is -2.19. The first-order valence-electron chi connectivity index (χ1n) is 5.78. The minimum atomic E-state index is -4.23. The van der Waals surface area contributed by atoms with E-state index < -0.39 is 12.1 Å². The molecule has 3 atom stereocenters. The third kappa shape index (κ3) is 3.00. The van der Waals surface area contributed by atoms with Gasteiger partial charge in [0.25, 0.3) is 0 Å². The normalized spacial score (nSPS) is 33.6. The number of alkyl halides is 3. The first-order valence-corrected chi connectivity index (χ1v) is 5.78. The Kier molecular flexibility index (Phi) is 3.43. The molecular formula is C13H15F3O. The maximum absolute atomic E-state index is 12.7. The molecule has 1 N–H and O–H groups in total. The molecule has 2 aliphatic rings. The molecule has 17 heavy (non-hydrogen) atoms. The molecule has 0 aliphatic heterocycles. The summed E-state index contributed by atoms with van der Waals surface area (Å²) in [5.41, 5.74) is 0.703. The predicted molar refractivity (Wildman–Crippen MR) is 59.3 cm³/mol. The van der Waals surface area contributed by atoms with Crippen molar-refractivity contribution in [2.45, 2.75) is 31.5 Å². The van der Waals surface area contributed by atoms with E-state index in [1.807, 2.05) is 0 Å². The monoisotopic (exact) mass is 244 g/mol. The molecular weight excluding hydrogens is 229 g/mol. The van der Waals surface area contributed by atoms with E-state index >= 15 is 0 Å². The maximum atomic E-state index is 12.7. The minimum Gasteiger partial charge on any atom is -0.393 e. The highest BCUT2D eigenvalue weighted by Crippen LogP contribution is 2.37. The highest BCUT2D eigenvalue weighted by atomic mass is 19.4. The Balaban J connectivity index is 2.18. The fraction of sp³-hybridized carbons (Fsp3) is 0.538. The van der Waals surface area contributed by atoms with Gasteiger partial charge in [-0.05, 0) is 30.8 Å². The molecule has 1 saturated carbocycles. The molecule has 94 valence electrons. The molecule has 0 bridgehead atoms. The second kappa shape index (κ2) is 4.69. The van der Waals surface area contributed by atoms with Crippen LogP contribution in [0.1, 0.15) is 19.3 Å². The van der Waals surface area contributed by atoms with Gasteiger partial charge in [-0.1, -0.05) is 30.4 Å².